The summed E-state index contributed by atoms with van der Waals surface area (Å²) in [5.41, 5.74) is 8.22. The van der Waals surface area contributed by atoms with Gasteiger partial charge in [0.1, 0.15) is 6.26 Å². The molecule has 1 amide bonds. The van der Waals surface area contributed by atoms with Crippen LogP contribution in [-0.4, -0.2) is 10.9 Å². The molecule has 1 aromatic heterocycles. The summed E-state index contributed by atoms with van der Waals surface area (Å²) in [7, 11) is 0. The van der Waals surface area contributed by atoms with E-state index in [0.717, 1.165) is 24.9 Å². The van der Waals surface area contributed by atoms with E-state index in [2.05, 4.69) is 31.1 Å². The first-order valence-corrected chi connectivity index (χ1v) is 8.13. The van der Waals surface area contributed by atoms with E-state index in [1.54, 1.807) is 0 Å². The maximum Gasteiger partial charge on any atom is 0.277 e. The summed E-state index contributed by atoms with van der Waals surface area (Å²) in [6.07, 6.45) is 4.23. The van der Waals surface area contributed by atoms with Crippen molar-refractivity contribution in [2.75, 3.05) is 5.32 Å². The molecule has 2 rings (SSSR count). The summed E-state index contributed by atoms with van der Waals surface area (Å²) in [5.74, 6) is 0.584. The van der Waals surface area contributed by atoms with Gasteiger partial charge in [0.05, 0.1) is 6.04 Å². The van der Waals surface area contributed by atoms with Gasteiger partial charge in [0.15, 0.2) is 5.69 Å². The van der Waals surface area contributed by atoms with Crippen molar-refractivity contribution in [2.45, 2.75) is 52.0 Å². The van der Waals surface area contributed by atoms with E-state index < -0.39 is 0 Å². The lowest BCUT2D eigenvalue weighted by Gasteiger charge is -2.07. The largest absolute Gasteiger partial charge is 0.446 e. The van der Waals surface area contributed by atoms with Crippen LogP contribution in [0.4, 0.5) is 5.69 Å². The number of hydrogen-bond acceptors (Lipinski definition) is 4. The van der Waals surface area contributed by atoms with Crippen LogP contribution in [0.3, 0.4) is 0 Å². The van der Waals surface area contributed by atoms with E-state index >= 15 is 0 Å². The van der Waals surface area contributed by atoms with E-state index in [4.69, 9.17) is 10.2 Å². The first kappa shape index (κ1) is 17.2. The number of carbonyl (C=O) groups excluding carboxylic acids is 1. The molecule has 1 unspecified atom stereocenters. The Kier molecular flexibility index (Phi) is 5.93. The number of nitrogens with zero attached hydrogens (tertiary/aromatic N) is 1. The maximum absolute atomic E-state index is 12.2. The van der Waals surface area contributed by atoms with Gasteiger partial charge in [0, 0.05) is 5.69 Å². The highest BCUT2D eigenvalue weighted by Gasteiger charge is 2.16. The molecule has 1 atom stereocenters. The summed E-state index contributed by atoms with van der Waals surface area (Å²) in [5, 5.41) is 2.82. The average molecular weight is 315 g/mol. The summed E-state index contributed by atoms with van der Waals surface area (Å²) in [4.78, 5) is 16.4. The van der Waals surface area contributed by atoms with Crippen LogP contribution >= 0.6 is 0 Å². The van der Waals surface area contributed by atoms with Gasteiger partial charge in [-0.3, -0.25) is 4.79 Å². The molecule has 0 bridgehead atoms. The van der Waals surface area contributed by atoms with Crippen LogP contribution in [0.2, 0.25) is 0 Å². The number of carbonyl (C=O) groups is 1. The zero-order valence-corrected chi connectivity index (χ0v) is 14.0. The molecule has 0 aliphatic carbocycles. The number of benzene rings is 1. The average Bonchev–Trinajstić information content (AvgIpc) is 3.03. The normalized spacial score (nSPS) is 12.4. The molecule has 0 aliphatic rings. The van der Waals surface area contributed by atoms with E-state index in [-0.39, 0.29) is 17.6 Å². The number of anilines is 1. The predicted molar refractivity (Wildman–Crippen MR) is 91.4 cm³/mol. The standard InChI is InChI=1S/C18H25N3O2/c1-4-5-6-15(19)18-21-16(11-23-18)17(22)20-14-9-7-13(8-10-14)12(2)3/h7-12,15H,4-6,19H2,1-3H3,(H,20,22). The number of hydrogen-bond donors (Lipinski definition) is 2. The van der Waals surface area contributed by atoms with E-state index in [0.29, 0.717) is 11.8 Å². The Morgan fingerprint density at radius 1 is 1.30 bits per heavy atom. The SMILES string of the molecule is CCCCC(N)c1nc(C(=O)Nc2ccc(C(C)C)cc2)co1. The van der Waals surface area contributed by atoms with Crippen molar-refractivity contribution in [3.05, 3.63) is 47.7 Å². The number of nitrogens with two attached hydrogens (primary N) is 1. The van der Waals surface area contributed by atoms with Gasteiger partial charge in [0.2, 0.25) is 5.89 Å². The van der Waals surface area contributed by atoms with E-state index in [9.17, 15) is 4.79 Å². The molecule has 0 radical (unpaired) electrons. The van der Waals surface area contributed by atoms with Crippen LogP contribution in [0.15, 0.2) is 34.9 Å². The third-order valence-electron chi connectivity index (χ3n) is 3.78. The van der Waals surface area contributed by atoms with Crippen molar-refractivity contribution in [1.29, 1.82) is 0 Å². The van der Waals surface area contributed by atoms with Gasteiger partial charge < -0.3 is 15.5 Å². The zero-order valence-electron chi connectivity index (χ0n) is 14.0. The molecule has 0 saturated heterocycles. The Morgan fingerprint density at radius 3 is 2.61 bits per heavy atom. The van der Waals surface area contributed by atoms with Crippen LogP contribution in [0.1, 0.15) is 73.9 Å². The second-order valence-corrected chi connectivity index (χ2v) is 6.05. The number of nitrogens with one attached hydrogen (secondary N) is 1. The number of amides is 1. The molecule has 23 heavy (non-hydrogen) atoms. The molecule has 0 saturated carbocycles. The number of rotatable bonds is 7. The van der Waals surface area contributed by atoms with Gasteiger partial charge in [-0.05, 0) is 30.0 Å². The smallest absolute Gasteiger partial charge is 0.277 e. The van der Waals surface area contributed by atoms with Crippen LogP contribution < -0.4 is 11.1 Å². The fourth-order valence-corrected chi connectivity index (χ4v) is 2.26. The molecular weight excluding hydrogens is 290 g/mol. The molecule has 0 spiro atoms. The lowest BCUT2D eigenvalue weighted by Crippen LogP contribution is -2.14. The minimum Gasteiger partial charge on any atom is -0.446 e. The Bertz CT molecular complexity index is 632. The topological polar surface area (TPSA) is 81.1 Å². The first-order valence-electron chi connectivity index (χ1n) is 8.13. The van der Waals surface area contributed by atoms with Crippen molar-refractivity contribution >= 4 is 11.6 Å². The fourth-order valence-electron chi connectivity index (χ4n) is 2.26. The quantitative estimate of drug-likeness (QED) is 0.800. The van der Waals surface area contributed by atoms with E-state index in [1.807, 2.05) is 24.3 Å². The van der Waals surface area contributed by atoms with Gasteiger partial charge in [0.25, 0.3) is 5.91 Å². The summed E-state index contributed by atoms with van der Waals surface area (Å²) in [6.45, 7) is 6.37. The molecule has 124 valence electrons. The second kappa shape index (κ2) is 7.92. The summed E-state index contributed by atoms with van der Waals surface area (Å²) < 4.78 is 5.34. The third kappa shape index (κ3) is 4.66. The van der Waals surface area contributed by atoms with Crippen molar-refractivity contribution in [3.8, 4) is 0 Å². The van der Waals surface area contributed by atoms with Gasteiger partial charge in [-0.1, -0.05) is 45.7 Å². The highest BCUT2D eigenvalue weighted by Crippen LogP contribution is 2.19. The van der Waals surface area contributed by atoms with Crippen LogP contribution in [-0.2, 0) is 0 Å². The molecule has 3 N–H and O–H groups in total. The molecule has 2 aromatic rings. The molecule has 5 heteroatoms. The lowest BCUT2D eigenvalue weighted by atomic mass is 10.0. The first-order chi connectivity index (χ1) is 11.0. The zero-order chi connectivity index (χ0) is 16.8. The Balaban J connectivity index is 1.99. The monoisotopic (exact) mass is 315 g/mol. The second-order valence-electron chi connectivity index (χ2n) is 6.05. The summed E-state index contributed by atoms with van der Waals surface area (Å²) >= 11 is 0. The molecule has 5 nitrogen and oxygen atoms in total. The number of oxazole rings is 1. The van der Waals surface area contributed by atoms with Crippen molar-refractivity contribution in [1.82, 2.24) is 4.98 Å². The predicted octanol–water partition coefficient (Wildman–Crippen LogP) is 4.24. The molecule has 0 fully saturated rings. The number of aromatic nitrogens is 1. The van der Waals surface area contributed by atoms with Gasteiger partial charge in [-0.2, -0.15) is 0 Å². The third-order valence-corrected chi connectivity index (χ3v) is 3.78. The summed E-state index contributed by atoms with van der Waals surface area (Å²) in [6, 6.07) is 7.54. The maximum atomic E-state index is 12.2. The Hall–Kier alpha value is -2.14. The van der Waals surface area contributed by atoms with Crippen LogP contribution in [0, 0.1) is 0 Å². The highest BCUT2D eigenvalue weighted by molar-refractivity contribution is 6.02. The molecule has 0 aliphatic heterocycles. The van der Waals surface area contributed by atoms with Crippen molar-refractivity contribution < 1.29 is 9.21 Å². The minimum absolute atomic E-state index is 0.250. The van der Waals surface area contributed by atoms with E-state index in [1.165, 1.54) is 11.8 Å². The van der Waals surface area contributed by atoms with Gasteiger partial charge in [-0.25, -0.2) is 4.98 Å². The van der Waals surface area contributed by atoms with Crippen LogP contribution in [0.25, 0.3) is 0 Å². The Morgan fingerprint density at radius 2 is 2.00 bits per heavy atom. The van der Waals surface area contributed by atoms with Crippen molar-refractivity contribution in [2.24, 2.45) is 5.73 Å². The molecular formula is C18H25N3O2. The van der Waals surface area contributed by atoms with Crippen molar-refractivity contribution in [3.63, 3.8) is 0 Å². The lowest BCUT2D eigenvalue weighted by molar-refractivity contribution is 0.102. The number of unbranched alkanes of at least 4 members (excludes halogenated alkanes) is 1. The van der Waals surface area contributed by atoms with Gasteiger partial charge in [-0.15, -0.1) is 0 Å². The Labute approximate surface area is 137 Å². The minimum atomic E-state index is -0.292. The van der Waals surface area contributed by atoms with Gasteiger partial charge >= 0.3 is 0 Å². The van der Waals surface area contributed by atoms with Crippen LogP contribution in [0.5, 0.6) is 0 Å². The molecule has 1 heterocycles. The fraction of sp³-hybridized carbons (Fsp3) is 0.444. The molecule has 1 aromatic carbocycles. The highest BCUT2D eigenvalue weighted by atomic mass is 16.3.